The van der Waals surface area contributed by atoms with Crippen LogP contribution in [0.2, 0.25) is 5.02 Å². The number of anilines is 1. The summed E-state index contributed by atoms with van der Waals surface area (Å²) in [4.78, 5) is 13.1. The molecule has 0 heterocycles. The van der Waals surface area contributed by atoms with Crippen LogP contribution in [0.5, 0.6) is 17.2 Å². The van der Waals surface area contributed by atoms with Crippen molar-refractivity contribution in [2.75, 3.05) is 12.4 Å². The van der Waals surface area contributed by atoms with Gasteiger partial charge in [0.2, 0.25) is 0 Å². The standard InChI is InChI=1S/C24H17ClF4N2O3/c1-12-8-15(5-6-17(12)26)31-23(32)21-13(2)22(25)16(24(27,28)29)10-20(21)34-18-7-4-14(11-30)9-19(18)33-3/h4-10H,1-3H3,(H,31,32). The maximum Gasteiger partial charge on any atom is 0.417 e. The molecular formula is C24H17ClF4N2O3. The van der Waals surface area contributed by atoms with Gasteiger partial charge in [-0.05, 0) is 61.4 Å². The van der Waals surface area contributed by atoms with Gasteiger partial charge in [0.15, 0.2) is 11.5 Å². The molecule has 0 fully saturated rings. The Kier molecular flexibility index (Phi) is 7.03. The van der Waals surface area contributed by atoms with Crippen LogP contribution in [0.15, 0.2) is 42.5 Å². The Balaban J connectivity index is 2.15. The van der Waals surface area contributed by atoms with Gasteiger partial charge in [-0.15, -0.1) is 0 Å². The number of hydrogen-bond acceptors (Lipinski definition) is 4. The molecule has 34 heavy (non-hydrogen) atoms. The van der Waals surface area contributed by atoms with Gasteiger partial charge in [-0.25, -0.2) is 4.39 Å². The molecule has 1 N–H and O–H groups in total. The summed E-state index contributed by atoms with van der Waals surface area (Å²) in [5.74, 6) is -1.69. The molecular weight excluding hydrogens is 476 g/mol. The van der Waals surface area contributed by atoms with E-state index < -0.39 is 34.2 Å². The van der Waals surface area contributed by atoms with Crippen molar-refractivity contribution < 1.29 is 31.8 Å². The minimum Gasteiger partial charge on any atom is -0.493 e. The van der Waals surface area contributed by atoms with Gasteiger partial charge in [-0.1, -0.05) is 11.6 Å². The summed E-state index contributed by atoms with van der Waals surface area (Å²) < 4.78 is 65.3. The van der Waals surface area contributed by atoms with E-state index in [4.69, 9.17) is 26.3 Å². The molecule has 0 aliphatic heterocycles. The second-order valence-corrected chi connectivity index (χ2v) is 7.61. The molecule has 176 valence electrons. The summed E-state index contributed by atoms with van der Waals surface area (Å²) in [6.45, 7) is 2.75. The molecule has 0 bridgehead atoms. The van der Waals surface area contributed by atoms with Gasteiger partial charge in [-0.3, -0.25) is 4.79 Å². The molecule has 0 aromatic heterocycles. The normalized spacial score (nSPS) is 11.0. The Bertz CT molecular complexity index is 1320. The molecule has 3 aromatic carbocycles. The van der Waals surface area contributed by atoms with Gasteiger partial charge in [-0.2, -0.15) is 18.4 Å². The summed E-state index contributed by atoms with van der Waals surface area (Å²) in [5, 5.41) is 10.9. The first-order valence-corrected chi connectivity index (χ1v) is 10.1. The molecule has 0 spiro atoms. The zero-order chi connectivity index (χ0) is 25.2. The van der Waals surface area contributed by atoms with Crippen molar-refractivity contribution in [1.29, 1.82) is 5.26 Å². The van der Waals surface area contributed by atoms with Gasteiger partial charge < -0.3 is 14.8 Å². The molecule has 0 radical (unpaired) electrons. The third-order valence-corrected chi connectivity index (χ3v) is 5.41. The van der Waals surface area contributed by atoms with Crippen molar-refractivity contribution in [3.63, 3.8) is 0 Å². The number of carbonyl (C=O) groups excluding carboxylic acids is 1. The average molecular weight is 493 g/mol. The number of ether oxygens (including phenoxy) is 2. The highest BCUT2D eigenvalue weighted by molar-refractivity contribution is 6.33. The van der Waals surface area contributed by atoms with Crippen LogP contribution >= 0.6 is 11.6 Å². The topological polar surface area (TPSA) is 71.3 Å². The third-order valence-electron chi connectivity index (χ3n) is 4.92. The van der Waals surface area contributed by atoms with Gasteiger partial charge in [0.05, 0.1) is 34.9 Å². The van der Waals surface area contributed by atoms with Crippen LogP contribution in [0, 0.1) is 31.0 Å². The number of alkyl halides is 3. The van der Waals surface area contributed by atoms with Crippen molar-refractivity contribution in [2.24, 2.45) is 0 Å². The van der Waals surface area contributed by atoms with Crippen LogP contribution in [-0.2, 0) is 6.18 Å². The lowest BCUT2D eigenvalue weighted by atomic mass is 10.0. The van der Waals surface area contributed by atoms with E-state index in [0.29, 0.717) is 6.07 Å². The first kappa shape index (κ1) is 24.9. The Morgan fingerprint density at radius 3 is 2.35 bits per heavy atom. The molecule has 0 saturated heterocycles. The predicted molar refractivity (Wildman–Crippen MR) is 118 cm³/mol. The quantitative estimate of drug-likeness (QED) is 0.388. The third kappa shape index (κ3) is 5.07. The number of nitrogens with one attached hydrogen (secondary N) is 1. The summed E-state index contributed by atoms with van der Waals surface area (Å²) in [5.41, 5.74) is -0.901. The van der Waals surface area contributed by atoms with E-state index in [1.807, 2.05) is 6.07 Å². The number of amides is 1. The van der Waals surface area contributed by atoms with Crippen LogP contribution in [0.1, 0.15) is 32.6 Å². The molecule has 5 nitrogen and oxygen atoms in total. The second-order valence-electron chi connectivity index (χ2n) is 7.23. The molecule has 3 aromatic rings. The fraction of sp³-hybridized carbons (Fsp3) is 0.167. The van der Waals surface area contributed by atoms with Crippen molar-refractivity contribution >= 4 is 23.2 Å². The molecule has 1 amide bonds. The lowest BCUT2D eigenvalue weighted by Gasteiger charge is -2.20. The fourth-order valence-electron chi connectivity index (χ4n) is 3.19. The Morgan fingerprint density at radius 1 is 1.06 bits per heavy atom. The van der Waals surface area contributed by atoms with Crippen LogP contribution in [0.3, 0.4) is 0 Å². The number of nitriles is 1. The van der Waals surface area contributed by atoms with Crippen molar-refractivity contribution in [3.05, 3.63) is 81.1 Å². The Hall–Kier alpha value is -3.77. The fourth-order valence-corrected chi connectivity index (χ4v) is 3.44. The average Bonchev–Trinajstić information content (AvgIpc) is 2.78. The van der Waals surface area contributed by atoms with Crippen LogP contribution < -0.4 is 14.8 Å². The van der Waals surface area contributed by atoms with E-state index in [9.17, 15) is 22.4 Å². The smallest absolute Gasteiger partial charge is 0.417 e. The van der Waals surface area contributed by atoms with E-state index in [-0.39, 0.29) is 39.4 Å². The molecule has 0 saturated carbocycles. The Morgan fingerprint density at radius 2 is 1.76 bits per heavy atom. The van der Waals surface area contributed by atoms with E-state index in [1.165, 1.54) is 51.3 Å². The molecule has 0 atom stereocenters. The van der Waals surface area contributed by atoms with E-state index in [0.717, 1.165) is 6.07 Å². The highest BCUT2D eigenvalue weighted by Gasteiger charge is 2.37. The van der Waals surface area contributed by atoms with E-state index in [2.05, 4.69) is 5.32 Å². The number of methoxy groups -OCH3 is 1. The number of aryl methyl sites for hydroxylation is 1. The number of halogens is 5. The SMILES string of the molecule is COc1cc(C#N)ccc1Oc1cc(C(F)(F)F)c(Cl)c(C)c1C(=O)Nc1ccc(F)c(C)c1. The lowest BCUT2D eigenvalue weighted by molar-refractivity contribution is -0.137. The zero-order valence-corrected chi connectivity index (χ0v) is 18.9. The maximum atomic E-state index is 13.6. The molecule has 10 heteroatoms. The number of hydrogen-bond donors (Lipinski definition) is 1. The van der Waals surface area contributed by atoms with Gasteiger partial charge in [0.25, 0.3) is 5.91 Å². The van der Waals surface area contributed by atoms with Crippen LogP contribution in [0.4, 0.5) is 23.2 Å². The van der Waals surface area contributed by atoms with Crippen molar-refractivity contribution in [3.8, 4) is 23.3 Å². The Labute approximate surface area is 197 Å². The number of rotatable bonds is 5. The summed E-state index contributed by atoms with van der Waals surface area (Å²) in [7, 11) is 1.29. The van der Waals surface area contributed by atoms with Crippen LogP contribution in [0.25, 0.3) is 0 Å². The lowest BCUT2D eigenvalue weighted by Crippen LogP contribution is -2.17. The maximum absolute atomic E-state index is 13.6. The summed E-state index contributed by atoms with van der Waals surface area (Å²) in [6, 6.07) is 10.4. The molecule has 3 rings (SSSR count). The minimum absolute atomic E-state index is 0.0250. The highest BCUT2D eigenvalue weighted by Crippen LogP contribution is 2.43. The second kappa shape index (κ2) is 9.61. The van der Waals surface area contributed by atoms with E-state index >= 15 is 0 Å². The number of nitrogens with zero attached hydrogens (tertiary/aromatic N) is 1. The summed E-state index contributed by atoms with van der Waals surface area (Å²) >= 11 is 5.98. The van der Waals surface area contributed by atoms with Crippen molar-refractivity contribution in [1.82, 2.24) is 0 Å². The monoisotopic (exact) mass is 492 g/mol. The molecule has 0 aliphatic rings. The first-order valence-electron chi connectivity index (χ1n) is 9.70. The van der Waals surface area contributed by atoms with Gasteiger partial charge in [0.1, 0.15) is 11.6 Å². The summed E-state index contributed by atoms with van der Waals surface area (Å²) in [6.07, 6.45) is -4.82. The van der Waals surface area contributed by atoms with E-state index in [1.54, 1.807) is 0 Å². The molecule has 0 aliphatic carbocycles. The largest absolute Gasteiger partial charge is 0.493 e. The number of benzene rings is 3. The number of carbonyl (C=O) groups is 1. The van der Waals surface area contributed by atoms with Crippen molar-refractivity contribution in [2.45, 2.75) is 20.0 Å². The van der Waals surface area contributed by atoms with Gasteiger partial charge >= 0.3 is 6.18 Å². The van der Waals surface area contributed by atoms with Gasteiger partial charge in [0, 0.05) is 11.8 Å². The molecule has 0 unspecified atom stereocenters. The predicted octanol–water partition coefficient (Wildman–Crippen LogP) is 7.04. The highest BCUT2D eigenvalue weighted by atomic mass is 35.5. The minimum atomic E-state index is -4.82. The van der Waals surface area contributed by atoms with Crippen LogP contribution in [-0.4, -0.2) is 13.0 Å². The first-order chi connectivity index (χ1) is 16.0. The zero-order valence-electron chi connectivity index (χ0n) is 18.1.